The number of likely N-dealkylation sites (N-methyl/N-ethyl adjacent to an activating group) is 1. The van der Waals surface area contributed by atoms with Crippen LogP contribution in [0.25, 0.3) is 0 Å². The fraction of sp³-hybridized carbons (Fsp3) is 0.533. The zero-order valence-electron chi connectivity index (χ0n) is 12.2. The van der Waals surface area contributed by atoms with E-state index in [1.165, 1.54) is 20.0 Å². The molecule has 1 aromatic rings. The maximum Gasteiger partial charge on any atom is 0.257 e. The maximum atomic E-state index is 12.2. The maximum absolute atomic E-state index is 12.2. The van der Waals surface area contributed by atoms with Crippen LogP contribution in [0.3, 0.4) is 0 Å². The Labute approximate surface area is 120 Å². The Morgan fingerprint density at radius 1 is 1.50 bits per heavy atom. The lowest BCUT2D eigenvalue weighted by atomic mass is 10.1. The van der Waals surface area contributed by atoms with Gasteiger partial charge in [0.25, 0.3) is 5.91 Å². The van der Waals surface area contributed by atoms with Crippen molar-refractivity contribution in [2.24, 2.45) is 0 Å². The third-order valence-corrected chi connectivity index (χ3v) is 3.66. The highest BCUT2D eigenvalue weighted by Gasteiger charge is 2.27. The number of methoxy groups -OCH3 is 1. The van der Waals surface area contributed by atoms with Gasteiger partial charge < -0.3 is 15.8 Å². The minimum atomic E-state index is -0.174. The summed E-state index contributed by atoms with van der Waals surface area (Å²) in [6, 6.07) is 5.94. The van der Waals surface area contributed by atoms with Crippen molar-refractivity contribution < 1.29 is 9.53 Å². The molecule has 1 aromatic carbocycles. The average Bonchev–Trinajstić information content (AvgIpc) is 3.27. The van der Waals surface area contributed by atoms with Gasteiger partial charge in [-0.15, -0.1) is 0 Å². The van der Waals surface area contributed by atoms with Gasteiger partial charge in [0.15, 0.2) is 0 Å². The molecule has 2 rings (SSSR count). The third-order valence-electron chi connectivity index (χ3n) is 3.66. The molecule has 0 saturated heterocycles. The molecule has 1 aliphatic carbocycles. The number of nitrogens with zero attached hydrogens (tertiary/aromatic N) is 1. The van der Waals surface area contributed by atoms with E-state index in [9.17, 15) is 4.79 Å². The van der Waals surface area contributed by atoms with Gasteiger partial charge in [-0.2, -0.15) is 0 Å². The number of hydrogen-bond donors (Lipinski definition) is 2. The van der Waals surface area contributed by atoms with Gasteiger partial charge in [-0.1, -0.05) is 13.0 Å². The van der Waals surface area contributed by atoms with E-state index in [2.05, 4.69) is 17.1 Å². The van der Waals surface area contributed by atoms with Crippen LogP contribution in [-0.4, -0.2) is 43.6 Å². The van der Waals surface area contributed by atoms with Crippen molar-refractivity contribution in [2.45, 2.75) is 25.8 Å². The summed E-state index contributed by atoms with van der Waals surface area (Å²) >= 11 is 0. The molecule has 0 aliphatic heterocycles. The normalized spacial score (nSPS) is 14.3. The van der Waals surface area contributed by atoms with Crippen LogP contribution in [0.4, 0.5) is 5.69 Å². The van der Waals surface area contributed by atoms with Crippen molar-refractivity contribution in [1.29, 1.82) is 0 Å². The van der Waals surface area contributed by atoms with Gasteiger partial charge in [0, 0.05) is 24.8 Å². The molecule has 0 bridgehead atoms. The second-order valence-electron chi connectivity index (χ2n) is 5.04. The van der Waals surface area contributed by atoms with Crippen LogP contribution >= 0.6 is 0 Å². The number of amides is 1. The van der Waals surface area contributed by atoms with Crippen molar-refractivity contribution in [3.05, 3.63) is 23.8 Å². The van der Waals surface area contributed by atoms with Crippen LogP contribution in [-0.2, 0) is 0 Å². The van der Waals surface area contributed by atoms with Crippen LogP contribution in [0.2, 0.25) is 0 Å². The molecule has 20 heavy (non-hydrogen) atoms. The first-order chi connectivity index (χ1) is 9.67. The first-order valence-corrected chi connectivity index (χ1v) is 7.12. The van der Waals surface area contributed by atoms with Crippen LogP contribution in [0.1, 0.15) is 30.1 Å². The largest absolute Gasteiger partial charge is 0.496 e. The Morgan fingerprint density at radius 2 is 2.25 bits per heavy atom. The van der Waals surface area contributed by atoms with Crippen LogP contribution in [0.5, 0.6) is 5.75 Å². The first-order valence-electron chi connectivity index (χ1n) is 7.12. The van der Waals surface area contributed by atoms with Crippen molar-refractivity contribution in [3.8, 4) is 5.75 Å². The van der Waals surface area contributed by atoms with Crippen LogP contribution in [0, 0.1) is 0 Å². The fourth-order valence-corrected chi connectivity index (χ4v) is 2.40. The lowest BCUT2D eigenvalue weighted by molar-refractivity contribution is 0.0946. The lowest BCUT2D eigenvalue weighted by Gasteiger charge is -2.20. The van der Waals surface area contributed by atoms with E-state index in [0.29, 0.717) is 29.6 Å². The molecule has 1 fully saturated rings. The lowest BCUT2D eigenvalue weighted by Crippen LogP contribution is -2.36. The SMILES string of the molecule is CCN(CCNC(=O)c1c(N)cccc1OC)C1CC1. The minimum absolute atomic E-state index is 0.174. The average molecular weight is 277 g/mol. The summed E-state index contributed by atoms with van der Waals surface area (Å²) in [5.41, 5.74) is 6.72. The number of rotatable bonds is 7. The first kappa shape index (κ1) is 14.7. The summed E-state index contributed by atoms with van der Waals surface area (Å²) in [6.45, 7) is 4.68. The van der Waals surface area contributed by atoms with E-state index in [0.717, 1.165) is 13.1 Å². The van der Waals surface area contributed by atoms with E-state index < -0.39 is 0 Å². The monoisotopic (exact) mass is 277 g/mol. The smallest absolute Gasteiger partial charge is 0.257 e. The van der Waals surface area contributed by atoms with Gasteiger partial charge in [0.2, 0.25) is 0 Å². The van der Waals surface area contributed by atoms with Crippen molar-refractivity contribution in [1.82, 2.24) is 10.2 Å². The number of ether oxygens (including phenoxy) is 1. The van der Waals surface area contributed by atoms with E-state index in [1.54, 1.807) is 18.2 Å². The summed E-state index contributed by atoms with van der Waals surface area (Å²) in [5.74, 6) is 0.337. The van der Waals surface area contributed by atoms with E-state index in [4.69, 9.17) is 10.5 Å². The van der Waals surface area contributed by atoms with Crippen LogP contribution < -0.4 is 15.8 Å². The van der Waals surface area contributed by atoms with Gasteiger partial charge >= 0.3 is 0 Å². The zero-order chi connectivity index (χ0) is 14.5. The highest BCUT2D eigenvalue weighted by atomic mass is 16.5. The molecule has 110 valence electrons. The topological polar surface area (TPSA) is 67.6 Å². The molecule has 5 heteroatoms. The Balaban J connectivity index is 1.91. The molecule has 0 spiro atoms. The molecular formula is C15H23N3O2. The molecule has 1 saturated carbocycles. The molecule has 0 unspecified atom stereocenters. The predicted octanol–water partition coefficient (Wildman–Crippen LogP) is 1.49. The second kappa shape index (κ2) is 6.61. The van der Waals surface area contributed by atoms with Crippen molar-refractivity contribution in [3.63, 3.8) is 0 Å². The third kappa shape index (κ3) is 3.42. The Morgan fingerprint density at radius 3 is 2.85 bits per heavy atom. The van der Waals surface area contributed by atoms with E-state index >= 15 is 0 Å². The molecular weight excluding hydrogens is 254 g/mol. The summed E-state index contributed by atoms with van der Waals surface area (Å²) in [4.78, 5) is 14.6. The molecule has 3 N–H and O–H groups in total. The Kier molecular flexibility index (Phi) is 4.84. The number of nitrogen functional groups attached to an aromatic ring is 1. The number of carbonyl (C=O) groups excluding carboxylic acids is 1. The zero-order valence-corrected chi connectivity index (χ0v) is 12.2. The van der Waals surface area contributed by atoms with Gasteiger partial charge in [-0.25, -0.2) is 0 Å². The summed E-state index contributed by atoms with van der Waals surface area (Å²) in [5, 5.41) is 2.92. The molecule has 1 aliphatic rings. The standard InChI is InChI=1S/C15H23N3O2/c1-3-18(11-7-8-11)10-9-17-15(19)14-12(16)5-4-6-13(14)20-2/h4-6,11H,3,7-10,16H2,1-2H3,(H,17,19). The second-order valence-corrected chi connectivity index (χ2v) is 5.04. The van der Waals surface area contributed by atoms with Gasteiger partial charge in [0.05, 0.1) is 7.11 Å². The quantitative estimate of drug-likeness (QED) is 0.741. The van der Waals surface area contributed by atoms with Gasteiger partial charge in [-0.3, -0.25) is 9.69 Å². The summed E-state index contributed by atoms with van der Waals surface area (Å²) in [7, 11) is 1.54. The number of nitrogens with two attached hydrogens (primary N) is 1. The van der Waals surface area contributed by atoms with Crippen molar-refractivity contribution in [2.75, 3.05) is 32.5 Å². The number of nitrogens with one attached hydrogen (secondary N) is 1. The Hall–Kier alpha value is -1.75. The summed E-state index contributed by atoms with van der Waals surface area (Å²) in [6.07, 6.45) is 2.56. The van der Waals surface area contributed by atoms with Crippen molar-refractivity contribution >= 4 is 11.6 Å². The minimum Gasteiger partial charge on any atom is -0.496 e. The molecule has 0 heterocycles. The number of hydrogen-bond acceptors (Lipinski definition) is 4. The predicted molar refractivity (Wildman–Crippen MR) is 80.0 cm³/mol. The molecule has 5 nitrogen and oxygen atoms in total. The molecule has 0 aromatic heterocycles. The van der Waals surface area contributed by atoms with E-state index in [-0.39, 0.29) is 5.91 Å². The number of benzene rings is 1. The number of anilines is 1. The highest BCUT2D eigenvalue weighted by molar-refractivity contribution is 6.01. The fourth-order valence-electron chi connectivity index (χ4n) is 2.40. The molecule has 0 atom stereocenters. The van der Waals surface area contributed by atoms with Gasteiger partial charge in [0.1, 0.15) is 11.3 Å². The van der Waals surface area contributed by atoms with E-state index in [1.807, 2.05) is 0 Å². The van der Waals surface area contributed by atoms with Crippen LogP contribution in [0.15, 0.2) is 18.2 Å². The Bertz CT molecular complexity index is 472. The number of carbonyl (C=O) groups is 1. The van der Waals surface area contributed by atoms with Gasteiger partial charge in [-0.05, 0) is 31.5 Å². The molecule has 0 radical (unpaired) electrons. The highest BCUT2D eigenvalue weighted by Crippen LogP contribution is 2.26. The molecule has 1 amide bonds. The summed E-state index contributed by atoms with van der Waals surface area (Å²) < 4.78 is 5.19.